The molecule has 132 valence electrons. The Bertz CT molecular complexity index is 851. The third-order valence-electron chi connectivity index (χ3n) is 4.26. The predicted molar refractivity (Wildman–Crippen MR) is 102 cm³/mol. The number of benzene rings is 1. The van der Waals surface area contributed by atoms with Crippen molar-refractivity contribution in [3.8, 4) is 5.75 Å². The van der Waals surface area contributed by atoms with E-state index in [-0.39, 0.29) is 16.7 Å². The average molecular weight is 338 g/mol. The highest BCUT2D eigenvalue weighted by Gasteiger charge is 2.27. The molecule has 2 aromatic carbocycles. The molecule has 2 rings (SSSR count). The fraction of sp³-hybridized carbons (Fsp3) is 0.364. The van der Waals surface area contributed by atoms with Crippen LogP contribution in [0.2, 0.25) is 0 Å². The Kier molecular flexibility index (Phi) is 4.90. The van der Waals surface area contributed by atoms with E-state index >= 15 is 0 Å². The Labute approximate surface area is 149 Å². The molecule has 0 heterocycles. The van der Waals surface area contributed by atoms with Crippen molar-refractivity contribution in [1.29, 1.82) is 0 Å². The van der Waals surface area contributed by atoms with Gasteiger partial charge in [-0.25, -0.2) is 0 Å². The zero-order chi connectivity index (χ0) is 19.0. The SMILES string of the molecule is CC(C)(C)c1cc(C(C)(C)C)c(O)c(C(=O)c2ccccc2)c(=O)c1. The van der Waals surface area contributed by atoms with Gasteiger partial charge in [0.15, 0.2) is 5.43 Å². The molecule has 0 radical (unpaired) electrons. The number of hydrogen-bond donors (Lipinski definition) is 1. The summed E-state index contributed by atoms with van der Waals surface area (Å²) in [5.41, 5.74) is 0.471. The van der Waals surface area contributed by atoms with Gasteiger partial charge < -0.3 is 5.11 Å². The van der Waals surface area contributed by atoms with E-state index in [0.29, 0.717) is 11.1 Å². The Morgan fingerprint density at radius 1 is 0.880 bits per heavy atom. The lowest BCUT2D eigenvalue weighted by molar-refractivity contribution is 0.103. The average Bonchev–Trinajstić information content (AvgIpc) is 2.63. The molecule has 0 aliphatic rings. The molecular weight excluding hydrogens is 312 g/mol. The maximum absolute atomic E-state index is 12.9. The van der Waals surface area contributed by atoms with Crippen molar-refractivity contribution in [3.63, 3.8) is 0 Å². The van der Waals surface area contributed by atoms with Gasteiger partial charge in [0.1, 0.15) is 11.3 Å². The van der Waals surface area contributed by atoms with Gasteiger partial charge in [0.25, 0.3) is 0 Å². The van der Waals surface area contributed by atoms with Crippen LogP contribution in [0.3, 0.4) is 0 Å². The van der Waals surface area contributed by atoms with Gasteiger partial charge in [0, 0.05) is 11.1 Å². The zero-order valence-corrected chi connectivity index (χ0v) is 15.8. The van der Waals surface area contributed by atoms with Crippen LogP contribution in [-0.2, 0) is 10.8 Å². The van der Waals surface area contributed by atoms with Crippen LogP contribution in [0.25, 0.3) is 0 Å². The minimum Gasteiger partial charge on any atom is -0.507 e. The van der Waals surface area contributed by atoms with Gasteiger partial charge >= 0.3 is 0 Å². The second kappa shape index (κ2) is 6.47. The molecule has 0 bridgehead atoms. The summed E-state index contributed by atoms with van der Waals surface area (Å²) in [5.74, 6) is -0.675. The summed E-state index contributed by atoms with van der Waals surface area (Å²) in [6.07, 6.45) is 0. The third-order valence-corrected chi connectivity index (χ3v) is 4.26. The summed E-state index contributed by atoms with van der Waals surface area (Å²) in [4.78, 5) is 25.7. The molecule has 1 N–H and O–H groups in total. The minimum absolute atomic E-state index is 0.161. The van der Waals surface area contributed by atoms with E-state index < -0.39 is 16.6 Å². The molecule has 0 unspecified atom stereocenters. The molecule has 3 nitrogen and oxygen atoms in total. The van der Waals surface area contributed by atoms with Crippen molar-refractivity contribution in [2.24, 2.45) is 0 Å². The fourth-order valence-corrected chi connectivity index (χ4v) is 2.69. The Hall–Kier alpha value is -2.42. The number of hydrogen-bond acceptors (Lipinski definition) is 3. The van der Waals surface area contributed by atoms with Crippen molar-refractivity contribution in [2.45, 2.75) is 52.4 Å². The summed E-state index contributed by atoms with van der Waals surface area (Å²) in [5, 5.41) is 10.9. The van der Waals surface area contributed by atoms with E-state index in [2.05, 4.69) is 0 Å². The standard InChI is InChI=1S/C22H26O3/c1-21(2,3)15-12-16(22(4,5)6)20(25)18(17(23)13-15)19(24)14-10-8-7-9-11-14/h7-13,25H,1-6H3. The van der Waals surface area contributed by atoms with Crippen LogP contribution in [0.4, 0.5) is 0 Å². The third kappa shape index (κ3) is 3.98. The van der Waals surface area contributed by atoms with Crippen LogP contribution in [0, 0.1) is 0 Å². The van der Waals surface area contributed by atoms with Crippen molar-refractivity contribution >= 4 is 5.78 Å². The van der Waals surface area contributed by atoms with Gasteiger partial charge in [-0.15, -0.1) is 0 Å². The van der Waals surface area contributed by atoms with Crippen LogP contribution < -0.4 is 5.43 Å². The van der Waals surface area contributed by atoms with Gasteiger partial charge in [0.05, 0.1) is 0 Å². The van der Waals surface area contributed by atoms with E-state index in [4.69, 9.17) is 0 Å². The molecule has 0 aromatic heterocycles. The molecule has 2 aromatic rings. The summed E-state index contributed by atoms with van der Waals surface area (Å²) in [6.45, 7) is 11.9. The topological polar surface area (TPSA) is 54.4 Å². The first-order chi connectivity index (χ1) is 11.4. The highest BCUT2D eigenvalue weighted by Crippen LogP contribution is 2.35. The van der Waals surface area contributed by atoms with Gasteiger partial charge in [-0.2, -0.15) is 0 Å². The summed E-state index contributed by atoms with van der Waals surface area (Å²) < 4.78 is 0. The smallest absolute Gasteiger partial charge is 0.200 e. The maximum Gasteiger partial charge on any atom is 0.200 e. The van der Waals surface area contributed by atoms with Gasteiger partial charge in [-0.3, -0.25) is 9.59 Å². The highest BCUT2D eigenvalue weighted by molar-refractivity contribution is 6.10. The molecule has 0 spiro atoms. The number of carbonyl (C=O) groups excluding carboxylic acids is 1. The van der Waals surface area contributed by atoms with Crippen LogP contribution in [-0.4, -0.2) is 10.9 Å². The van der Waals surface area contributed by atoms with Crippen molar-refractivity contribution in [1.82, 2.24) is 0 Å². The lowest BCUT2D eigenvalue weighted by Crippen LogP contribution is -2.16. The Morgan fingerprint density at radius 2 is 1.44 bits per heavy atom. The van der Waals surface area contributed by atoms with Gasteiger partial charge in [0.2, 0.25) is 5.78 Å². The van der Waals surface area contributed by atoms with Crippen molar-refractivity contribution in [2.75, 3.05) is 0 Å². The van der Waals surface area contributed by atoms with Crippen molar-refractivity contribution < 1.29 is 9.90 Å². The fourth-order valence-electron chi connectivity index (χ4n) is 2.69. The molecule has 0 amide bonds. The monoisotopic (exact) mass is 338 g/mol. The van der Waals surface area contributed by atoms with Crippen molar-refractivity contribution in [3.05, 3.63) is 74.9 Å². The first kappa shape index (κ1) is 18.9. The molecule has 3 heteroatoms. The molecule has 0 atom stereocenters. The molecule has 0 aliphatic carbocycles. The van der Waals surface area contributed by atoms with Crippen LogP contribution in [0.5, 0.6) is 5.75 Å². The Balaban J connectivity index is 2.88. The Morgan fingerprint density at radius 3 is 1.92 bits per heavy atom. The van der Waals surface area contributed by atoms with Crippen LogP contribution in [0.1, 0.15) is 68.6 Å². The second-order valence-corrected chi connectivity index (χ2v) is 8.44. The van der Waals surface area contributed by atoms with E-state index in [1.807, 2.05) is 47.6 Å². The summed E-state index contributed by atoms with van der Waals surface area (Å²) in [6, 6.07) is 11.9. The molecule has 0 aliphatic heterocycles. The van der Waals surface area contributed by atoms with E-state index in [9.17, 15) is 14.7 Å². The normalized spacial score (nSPS) is 12.1. The van der Waals surface area contributed by atoms with Gasteiger partial charge in [-0.1, -0.05) is 77.9 Å². The molecular formula is C22H26O3. The van der Waals surface area contributed by atoms with E-state index in [1.54, 1.807) is 30.3 Å². The number of carbonyl (C=O) groups is 1. The first-order valence-electron chi connectivity index (χ1n) is 8.45. The molecule has 0 fully saturated rings. The lowest BCUT2D eigenvalue weighted by Gasteiger charge is -2.23. The van der Waals surface area contributed by atoms with Gasteiger partial charge in [-0.05, 0) is 22.5 Å². The lowest BCUT2D eigenvalue weighted by atomic mass is 9.82. The summed E-state index contributed by atoms with van der Waals surface area (Å²) in [7, 11) is 0. The van der Waals surface area contributed by atoms with E-state index in [0.717, 1.165) is 5.56 Å². The largest absolute Gasteiger partial charge is 0.507 e. The molecule has 0 saturated heterocycles. The minimum atomic E-state index is -0.454. The van der Waals surface area contributed by atoms with Crippen LogP contribution in [0.15, 0.2) is 47.3 Å². The number of ketones is 1. The van der Waals surface area contributed by atoms with E-state index in [1.165, 1.54) is 6.07 Å². The maximum atomic E-state index is 12.9. The quantitative estimate of drug-likeness (QED) is 0.816. The zero-order valence-electron chi connectivity index (χ0n) is 15.8. The summed E-state index contributed by atoms with van der Waals surface area (Å²) >= 11 is 0. The number of aromatic hydroxyl groups is 1. The second-order valence-electron chi connectivity index (χ2n) is 8.44. The number of rotatable bonds is 2. The first-order valence-corrected chi connectivity index (χ1v) is 8.45. The highest BCUT2D eigenvalue weighted by atomic mass is 16.3. The predicted octanol–water partition coefficient (Wildman–Crippen LogP) is 4.58. The molecule has 0 saturated carbocycles. The molecule has 25 heavy (non-hydrogen) atoms. The van der Waals surface area contributed by atoms with Crippen LogP contribution >= 0.6 is 0 Å².